The lowest BCUT2D eigenvalue weighted by molar-refractivity contribution is -0.00675. The molecular formula is C4H5O2. The molecule has 0 aliphatic carbocycles. The van der Waals surface area contributed by atoms with Crippen LogP contribution in [0.5, 0.6) is 0 Å². The third-order valence-electron chi connectivity index (χ3n) is 0.831. The first-order chi connectivity index (χ1) is 2.93. The first-order valence-corrected chi connectivity index (χ1v) is 1.93. The van der Waals surface area contributed by atoms with E-state index in [0.29, 0.717) is 0 Å². The van der Waals surface area contributed by atoms with Gasteiger partial charge >= 0.3 is 0 Å². The van der Waals surface area contributed by atoms with E-state index >= 15 is 0 Å². The van der Waals surface area contributed by atoms with Crippen molar-refractivity contribution in [2.45, 2.75) is 12.5 Å². The molecule has 1 rings (SSSR count). The highest BCUT2D eigenvalue weighted by molar-refractivity contribution is 5.57. The number of rotatable bonds is 1. The van der Waals surface area contributed by atoms with Gasteiger partial charge in [-0.15, -0.1) is 0 Å². The fourth-order valence-electron chi connectivity index (χ4n) is 0.329. The Morgan fingerprint density at radius 2 is 2.50 bits per heavy atom. The van der Waals surface area contributed by atoms with Gasteiger partial charge < -0.3 is 4.74 Å². The Labute approximate surface area is 36.1 Å². The Bertz CT molecular complexity index is 56.6. The number of hydrogen-bond acceptors (Lipinski definition) is 2. The Kier molecular flexibility index (Phi) is 0.881. The third kappa shape index (κ3) is 0.431. The van der Waals surface area contributed by atoms with Gasteiger partial charge in [0.05, 0.1) is 6.61 Å². The molecule has 0 amide bonds. The van der Waals surface area contributed by atoms with Gasteiger partial charge in [0.15, 0.2) is 0 Å². The molecule has 1 atom stereocenters. The summed E-state index contributed by atoms with van der Waals surface area (Å²) in [5.74, 6) is 0. The van der Waals surface area contributed by atoms with Gasteiger partial charge in [-0.25, -0.2) is 0 Å². The quantitative estimate of drug-likeness (QED) is 0.444. The second kappa shape index (κ2) is 1.39. The molecule has 0 bridgehead atoms. The van der Waals surface area contributed by atoms with Crippen LogP contribution in [0.1, 0.15) is 6.42 Å². The summed E-state index contributed by atoms with van der Waals surface area (Å²) in [6.07, 6.45) is 2.40. The third-order valence-corrected chi connectivity index (χ3v) is 0.831. The maximum Gasteiger partial charge on any atom is 0.229 e. The van der Waals surface area contributed by atoms with E-state index in [-0.39, 0.29) is 6.10 Å². The molecule has 2 nitrogen and oxygen atoms in total. The fourth-order valence-corrected chi connectivity index (χ4v) is 0.329. The van der Waals surface area contributed by atoms with E-state index in [4.69, 9.17) is 0 Å². The van der Waals surface area contributed by atoms with Gasteiger partial charge in [-0.05, 0) is 0 Å². The monoisotopic (exact) mass is 85.0 g/mol. The number of hydrogen-bond donors (Lipinski definition) is 0. The molecule has 0 saturated carbocycles. The molecule has 1 fully saturated rings. The van der Waals surface area contributed by atoms with Crippen LogP contribution >= 0.6 is 0 Å². The lowest BCUT2D eigenvalue weighted by Gasteiger charge is -2.18. The molecule has 0 aromatic rings. The van der Waals surface area contributed by atoms with E-state index in [1.807, 2.05) is 0 Å². The van der Waals surface area contributed by atoms with Crippen LogP contribution in [0.2, 0.25) is 0 Å². The molecule has 6 heavy (non-hydrogen) atoms. The minimum atomic E-state index is -0.190. The maximum absolute atomic E-state index is 9.54. The van der Waals surface area contributed by atoms with Gasteiger partial charge in [0, 0.05) is 6.42 Å². The Balaban J connectivity index is 2.16. The summed E-state index contributed by atoms with van der Waals surface area (Å²) in [4.78, 5) is 9.54. The van der Waals surface area contributed by atoms with Crippen molar-refractivity contribution < 1.29 is 9.53 Å². The molecule has 1 saturated heterocycles. The van der Waals surface area contributed by atoms with E-state index in [9.17, 15) is 4.79 Å². The van der Waals surface area contributed by atoms with E-state index < -0.39 is 0 Å². The fraction of sp³-hybridized carbons (Fsp3) is 0.750. The van der Waals surface area contributed by atoms with Gasteiger partial charge in [0.25, 0.3) is 0 Å². The van der Waals surface area contributed by atoms with Gasteiger partial charge in [-0.1, -0.05) is 0 Å². The second-order valence-electron chi connectivity index (χ2n) is 1.27. The summed E-state index contributed by atoms with van der Waals surface area (Å²) in [5.41, 5.74) is 0. The Morgan fingerprint density at radius 1 is 1.83 bits per heavy atom. The molecule has 1 aliphatic rings. The molecule has 1 aliphatic heterocycles. The molecule has 33 valence electrons. The number of ether oxygens (including phenoxy) is 1. The highest BCUT2D eigenvalue weighted by atomic mass is 16.5. The number of carbonyl (C=O) groups excluding carboxylic acids is 1. The van der Waals surface area contributed by atoms with E-state index in [1.54, 1.807) is 6.29 Å². The van der Waals surface area contributed by atoms with Gasteiger partial charge in [0.2, 0.25) is 6.29 Å². The molecule has 1 radical (unpaired) electrons. The van der Waals surface area contributed by atoms with Crippen LogP contribution in [0.25, 0.3) is 0 Å². The molecule has 0 aromatic heterocycles. The van der Waals surface area contributed by atoms with Crippen molar-refractivity contribution in [1.82, 2.24) is 0 Å². The van der Waals surface area contributed by atoms with E-state index in [0.717, 1.165) is 13.0 Å². The summed E-state index contributed by atoms with van der Waals surface area (Å²) >= 11 is 0. The minimum Gasteiger partial charge on any atom is -0.370 e. The van der Waals surface area contributed by atoms with Crippen molar-refractivity contribution in [2.24, 2.45) is 0 Å². The molecule has 2 heteroatoms. The highest BCUT2D eigenvalue weighted by Gasteiger charge is 2.16. The Hall–Kier alpha value is -0.370. The van der Waals surface area contributed by atoms with Crippen molar-refractivity contribution in [3.05, 3.63) is 0 Å². The summed E-state index contributed by atoms with van der Waals surface area (Å²) < 4.78 is 4.66. The molecule has 1 unspecified atom stereocenters. The minimum absolute atomic E-state index is 0.190. The van der Waals surface area contributed by atoms with Gasteiger partial charge in [0.1, 0.15) is 6.10 Å². The van der Waals surface area contributed by atoms with Crippen LogP contribution in [0.15, 0.2) is 0 Å². The normalized spacial score (nSPS) is 31.7. The summed E-state index contributed by atoms with van der Waals surface area (Å²) in [6.45, 7) is 0.736. The average Bonchev–Trinajstić information content (AvgIpc) is 1.31. The topological polar surface area (TPSA) is 26.3 Å². The molecule has 1 heterocycles. The van der Waals surface area contributed by atoms with Crippen molar-refractivity contribution in [3.8, 4) is 0 Å². The van der Waals surface area contributed by atoms with Crippen LogP contribution < -0.4 is 0 Å². The van der Waals surface area contributed by atoms with Crippen LogP contribution in [0, 0.1) is 0 Å². The lowest BCUT2D eigenvalue weighted by Crippen LogP contribution is -2.27. The van der Waals surface area contributed by atoms with Gasteiger partial charge in [-0.3, -0.25) is 4.79 Å². The van der Waals surface area contributed by atoms with Crippen LogP contribution in [-0.4, -0.2) is 19.0 Å². The lowest BCUT2D eigenvalue weighted by atomic mass is 10.2. The zero-order valence-electron chi connectivity index (χ0n) is 3.31. The largest absolute Gasteiger partial charge is 0.370 e. The predicted octanol–water partition coefficient (Wildman–Crippen LogP) is -0.115. The summed E-state index contributed by atoms with van der Waals surface area (Å²) in [7, 11) is 0. The average molecular weight is 85.1 g/mol. The first-order valence-electron chi connectivity index (χ1n) is 1.93. The molecule has 0 aromatic carbocycles. The van der Waals surface area contributed by atoms with E-state index in [2.05, 4.69) is 4.74 Å². The molecule has 0 spiro atoms. The zero-order valence-corrected chi connectivity index (χ0v) is 3.31. The van der Waals surface area contributed by atoms with E-state index in [1.165, 1.54) is 0 Å². The van der Waals surface area contributed by atoms with Crippen molar-refractivity contribution in [2.75, 3.05) is 6.61 Å². The van der Waals surface area contributed by atoms with Crippen LogP contribution in [-0.2, 0) is 9.53 Å². The maximum atomic E-state index is 9.54. The SMILES string of the molecule is O=[C]C1CCO1. The first kappa shape index (κ1) is 3.81. The second-order valence-corrected chi connectivity index (χ2v) is 1.27. The highest BCUT2D eigenvalue weighted by Crippen LogP contribution is 2.05. The zero-order chi connectivity index (χ0) is 4.41. The molecular weight excluding hydrogens is 80.0 g/mol. The summed E-state index contributed by atoms with van der Waals surface area (Å²) in [6, 6.07) is 0. The molecule has 0 N–H and O–H groups in total. The van der Waals surface area contributed by atoms with Crippen LogP contribution in [0.3, 0.4) is 0 Å². The predicted molar refractivity (Wildman–Crippen MR) is 20.1 cm³/mol. The van der Waals surface area contributed by atoms with Crippen molar-refractivity contribution in [1.29, 1.82) is 0 Å². The Morgan fingerprint density at radius 3 is 2.50 bits per heavy atom. The standard InChI is InChI=1S/C4H5O2/c5-3-4-1-2-6-4/h4H,1-2H2. The van der Waals surface area contributed by atoms with Gasteiger partial charge in [-0.2, -0.15) is 0 Å². The van der Waals surface area contributed by atoms with Crippen molar-refractivity contribution in [3.63, 3.8) is 0 Å². The van der Waals surface area contributed by atoms with Crippen LogP contribution in [0.4, 0.5) is 0 Å². The van der Waals surface area contributed by atoms with Crippen molar-refractivity contribution >= 4 is 6.29 Å². The summed E-state index contributed by atoms with van der Waals surface area (Å²) in [5, 5.41) is 0. The smallest absolute Gasteiger partial charge is 0.229 e.